The Hall–Kier alpha value is -1.09. The standard InChI is InChI=1S/C10H24N6O6/c1-14(20-5)10(18-3)15(21-6)8(11)12-9(17-2,13-19-4)16(10)22-7/h13H,1-7H3,(H2,11,12). The summed E-state index contributed by atoms with van der Waals surface area (Å²) in [6.07, 6.45) is 0. The zero-order valence-corrected chi connectivity index (χ0v) is 13.8. The Morgan fingerprint density at radius 1 is 1.09 bits per heavy atom. The van der Waals surface area contributed by atoms with E-state index in [1.807, 2.05) is 0 Å². The smallest absolute Gasteiger partial charge is 0.340 e. The third-order valence-electron chi connectivity index (χ3n) is 3.12. The molecule has 1 heterocycles. The Morgan fingerprint density at radius 3 is 2.09 bits per heavy atom. The third kappa shape index (κ3) is 2.64. The second kappa shape index (κ2) is 7.45. The second-order valence-electron chi connectivity index (χ2n) is 4.00. The van der Waals surface area contributed by atoms with Gasteiger partial charge in [0.25, 0.3) is 0 Å². The van der Waals surface area contributed by atoms with Crippen molar-refractivity contribution in [3.05, 3.63) is 0 Å². The Bertz CT molecular complexity index is 400. The molecule has 0 saturated heterocycles. The summed E-state index contributed by atoms with van der Waals surface area (Å²) in [7, 11) is 9.95. The summed E-state index contributed by atoms with van der Waals surface area (Å²) in [5.41, 5.74) is 8.52. The lowest BCUT2D eigenvalue weighted by atomic mass is 10.4. The second-order valence-corrected chi connectivity index (χ2v) is 4.00. The first-order valence-electron chi connectivity index (χ1n) is 6.16. The molecule has 1 rings (SSSR count). The van der Waals surface area contributed by atoms with Crippen LogP contribution in [0, 0.1) is 0 Å². The van der Waals surface area contributed by atoms with Crippen molar-refractivity contribution in [3.63, 3.8) is 0 Å². The van der Waals surface area contributed by atoms with Gasteiger partial charge in [0.05, 0.1) is 28.4 Å². The molecular formula is C10H24N6O6. The maximum absolute atomic E-state index is 5.96. The van der Waals surface area contributed by atoms with Gasteiger partial charge in [0, 0.05) is 21.3 Å². The predicted octanol–water partition coefficient (Wildman–Crippen LogP) is -1.80. The fraction of sp³-hybridized carbons (Fsp3) is 0.900. The summed E-state index contributed by atoms with van der Waals surface area (Å²) in [6.45, 7) is 0. The lowest BCUT2D eigenvalue weighted by Gasteiger charge is -2.55. The first-order chi connectivity index (χ1) is 10.4. The maximum atomic E-state index is 5.96. The van der Waals surface area contributed by atoms with Crippen molar-refractivity contribution in [1.82, 2.24) is 20.7 Å². The molecule has 2 unspecified atom stereocenters. The van der Waals surface area contributed by atoms with Gasteiger partial charge in [0.2, 0.25) is 5.96 Å². The molecule has 0 aromatic rings. The number of nitrogens with zero attached hydrogens (tertiary/aromatic N) is 4. The normalized spacial score (nSPS) is 30.0. The van der Waals surface area contributed by atoms with Crippen LogP contribution in [0.25, 0.3) is 0 Å². The minimum absolute atomic E-state index is 0.0760. The van der Waals surface area contributed by atoms with Gasteiger partial charge in [-0.1, -0.05) is 5.06 Å². The number of hydrogen-bond donors (Lipinski definition) is 2. The molecule has 0 amide bonds. The van der Waals surface area contributed by atoms with Crippen LogP contribution in [0.2, 0.25) is 0 Å². The average Bonchev–Trinajstić information content (AvgIpc) is 2.53. The number of nitrogens with one attached hydrogen (secondary N) is 1. The molecule has 1 aliphatic heterocycles. The van der Waals surface area contributed by atoms with Crippen molar-refractivity contribution in [1.29, 1.82) is 0 Å². The van der Waals surface area contributed by atoms with E-state index >= 15 is 0 Å². The number of hydroxylamine groups is 7. The van der Waals surface area contributed by atoms with Crippen molar-refractivity contribution in [2.45, 2.75) is 11.9 Å². The topological polar surface area (TPSA) is 116 Å². The van der Waals surface area contributed by atoms with Gasteiger partial charge in [-0.25, -0.2) is 0 Å². The van der Waals surface area contributed by atoms with E-state index in [1.54, 1.807) is 7.05 Å². The van der Waals surface area contributed by atoms with E-state index in [1.165, 1.54) is 47.7 Å². The average molecular weight is 324 g/mol. The van der Waals surface area contributed by atoms with E-state index in [9.17, 15) is 0 Å². The molecule has 130 valence electrons. The van der Waals surface area contributed by atoms with Crippen molar-refractivity contribution >= 4 is 5.96 Å². The van der Waals surface area contributed by atoms with Crippen molar-refractivity contribution in [2.75, 3.05) is 49.7 Å². The molecule has 12 nitrogen and oxygen atoms in total. The molecule has 12 heteroatoms. The third-order valence-corrected chi connectivity index (χ3v) is 3.12. The quantitative estimate of drug-likeness (QED) is 0.389. The number of aliphatic imine (C=N–C) groups is 1. The zero-order valence-electron chi connectivity index (χ0n) is 13.8. The Kier molecular flexibility index (Phi) is 6.42. The summed E-state index contributed by atoms with van der Waals surface area (Å²) in [4.78, 5) is 25.0. The lowest BCUT2D eigenvalue weighted by Crippen LogP contribution is -2.81. The van der Waals surface area contributed by atoms with Gasteiger partial charge in [-0.05, 0) is 0 Å². The van der Waals surface area contributed by atoms with Crippen LogP contribution in [-0.2, 0) is 28.8 Å². The highest BCUT2D eigenvalue weighted by Crippen LogP contribution is 2.36. The van der Waals surface area contributed by atoms with E-state index in [-0.39, 0.29) is 5.96 Å². The van der Waals surface area contributed by atoms with Crippen molar-refractivity contribution < 1.29 is 28.8 Å². The van der Waals surface area contributed by atoms with Gasteiger partial charge in [-0.2, -0.15) is 10.1 Å². The summed E-state index contributed by atoms with van der Waals surface area (Å²) in [5, 5.41) is 3.58. The van der Waals surface area contributed by atoms with Crippen LogP contribution in [0.4, 0.5) is 0 Å². The number of nitrogens with two attached hydrogens (primary N) is 1. The van der Waals surface area contributed by atoms with Gasteiger partial charge >= 0.3 is 11.9 Å². The largest absolute Gasteiger partial charge is 0.368 e. The molecule has 1 aliphatic rings. The van der Waals surface area contributed by atoms with Crippen LogP contribution in [0.3, 0.4) is 0 Å². The van der Waals surface area contributed by atoms with Crippen molar-refractivity contribution in [3.8, 4) is 0 Å². The summed E-state index contributed by atoms with van der Waals surface area (Å²) in [5.74, 6) is -3.36. The highest BCUT2D eigenvalue weighted by atomic mass is 16.9. The highest BCUT2D eigenvalue weighted by molar-refractivity contribution is 5.78. The molecule has 0 aromatic carbocycles. The maximum Gasteiger partial charge on any atom is 0.340 e. The van der Waals surface area contributed by atoms with Gasteiger partial charge < -0.3 is 15.2 Å². The monoisotopic (exact) mass is 324 g/mol. The fourth-order valence-corrected chi connectivity index (χ4v) is 2.17. The van der Waals surface area contributed by atoms with Crippen LogP contribution in [0.1, 0.15) is 0 Å². The lowest BCUT2D eigenvalue weighted by molar-refractivity contribution is -0.534. The van der Waals surface area contributed by atoms with Crippen LogP contribution in [0.15, 0.2) is 4.99 Å². The minimum atomic E-state index is -1.66. The Labute approximate surface area is 129 Å². The zero-order chi connectivity index (χ0) is 17.0. The van der Waals surface area contributed by atoms with E-state index in [0.717, 1.165) is 10.1 Å². The van der Waals surface area contributed by atoms with Crippen LogP contribution >= 0.6 is 0 Å². The van der Waals surface area contributed by atoms with Gasteiger partial charge in [-0.15, -0.1) is 10.5 Å². The molecule has 0 aliphatic carbocycles. The molecule has 3 N–H and O–H groups in total. The number of guanidine groups is 1. The number of rotatable bonds is 8. The van der Waals surface area contributed by atoms with E-state index < -0.39 is 11.9 Å². The van der Waals surface area contributed by atoms with Crippen molar-refractivity contribution in [2.24, 2.45) is 10.7 Å². The van der Waals surface area contributed by atoms with Gasteiger partial charge in [0.15, 0.2) is 0 Å². The van der Waals surface area contributed by atoms with E-state index in [2.05, 4.69) is 10.5 Å². The molecule has 0 spiro atoms. The number of ether oxygens (including phenoxy) is 2. The molecule has 0 aromatic heterocycles. The van der Waals surface area contributed by atoms with Crippen LogP contribution in [0.5, 0.6) is 0 Å². The van der Waals surface area contributed by atoms with Gasteiger partial charge in [-0.3, -0.25) is 19.4 Å². The molecule has 2 atom stereocenters. The molecule has 0 saturated carbocycles. The Balaban J connectivity index is 3.58. The van der Waals surface area contributed by atoms with Crippen LogP contribution in [-0.4, -0.2) is 82.8 Å². The highest BCUT2D eigenvalue weighted by Gasteiger charge is 2.63. The summed E-state index contributed by atoms with van der Waals surface area (Å²) >= 11 is 0. The number of methoxy groups -OCH3 is 2. The first-order valence-corrected chi connectivity index (χ1v) is 6.16. The summed E-state index contributed by atoms with van der Waals surface area (Å²) < 4.78 is 11.0. The minimum Gasteiger partial charge on any atom is -0.368 e. The van der Waals surface area contributed by atoms with Gasteiger partial charge in [0.1, 0.15) is 0 Å². The molecule has 0 fully saturated rings. The number of hydrogen-bond acceptors (Lipinski definition) is 12. The van der Waals surface area contributed by atoms with E-state index in [0.29, 0.717) is 0 Å². The Morgan fingerprint density at radius 2 is 1.73 bits per heavy atom. The summed E-state index contributed by atoms with van der Waals surface area (Å²) in [6, 6.07) is 0. The molecular weight excluding hydrogens is 300 g/mol. The SMILES string of the molecule is CONC1(OC)N=C(N)N(OC)C(OC)(N(C)OC)N1OC. The van der Waals surface area contributed by atoms with Crippen LogP contribution < -0.4 is 11.2 Å². The first kappa shape index (κ1) is 19.0. The fourth-order valence-electron chi connectivity index (χ4n) is 2.17. The predicted molar refractivity (Wildman–Crippen MR) is 73.7 cm³/mol. The molecule has 0 radical (unpaired) electrons. The van der Waals surface area contributed by atoms with E-state index in [4.69, 9.17) is 34.6 Å². The molecule has 22 heavy (non-hydrogen) atoms. The molecule has 0 bridgehead atoms.